The second kappa shape index (κ2) is 8.79. The van der Waals surface area contributed by atoms with Gasteiger partial charge in [0.15, 0.2) is 0 Å². The molecule has 0 saturated carbocycles. The van der Waals surface area contributed by atoms with E-state index >= 15 is 0 Å². The van der Waals surface area contributed by atoms with E-state index in [1.54, 1.807) is 6.92 Å². The van der Waals surface area contributed by atoms with Gasteiger partial charge in [-0.15, -0.1) is 0 Å². The molecule has 3 atom stereocenters. The van der Waals surface area contributed by atoms with Crippen LogP contribution in [0.3, 0.4) is 0 Å². The van der Waals surface area contributed by atoms with Crippen molar-refractivity contribution >= 4 is 21.9 Å². The summed E-state index contributed by atoms with van der Waals surface area (Å²) in [6.07, 6.45) is 1.56. The molecule has 1 fully saturated rings. The van der Waals surface area contributed by atoms with Crippen LogP contribution >= 0.6 is 0 Å². The fourth-order valence-electron chi connectivity index (χ4n) is 3.08. The molecule has 0 bridgehead atoms. The Kier molecular flexibility index (Phi) is 6.94. The largest absolute Gasteiger partial charge is 0.480 e. The van der Waals surface area contributed by atoms with Crippen LogP contribution in [-0.2, 0) is 19.6 Å². The van der Waals surface area contributed by atoms with Crippen LogP contribution in [0.25, 0.3) is 0 Å². The Morgan fingerprint density at radius 1 is 1.33 bits per heavy atom. The topological polar surface area (TPSA) is 104 Å². The number of carboxylic acid groups (broad SMARTS) is 1. The molecule has 1 aromatic rings. The van der Waals surface area contributed by atoms with Gasteiger partial charge < -0.3 is 10.4 Å². The first kappa shape index (κ1) is 21.3. The third-order valence-electron chi connectivity index (χ3n) is 4.98. The minimum atomic E-state index is -3.84. The quantitative estimate of drug-likeness (QED) is 0.727. The van der Waals surface area contributed by atoms with Crippen LogP contribution in [0, 0.1) is 17.7 Å². The van der Waals surface area contributed by atoms with Crippen LogP contribution < -0.4 is 5.32 Å². The van der Waals surface area contributed by atoms with E-state index in [0.717, 1.165) is 12.1 Å². The standard InChI is InChI=1S/C18H25FN2O5S/c1-3-12(2)16(18(23)24)20-17(22)13-5-4-10-21(11-13)27(25,26)15-8-6-14(19)7-9-15/h6-9,12-13,16H,3-5,10-11H2,1-2H3,(H,20,22)(H,23,24)/t12-,13+,16+/m1/s1. The molecular weight excluding hydrogens is 375 g/mol. The number of sulfonamides is 1. The van der Waals surface area contributed by atoms with E-state index in [9.17, 15) is 27.5 Å². The smallest absolute Gasteiger partial charge is 0.326 e. The number of nitrogens with zero attached hydrogens (tertiary/aromatic N) is 1. The molecule has 1 aliphatic heterocycles. The molecule has 0 radical (unpaired) electrons. The first-order valence-electron chi connectivity index (χ1n) is 8.95. The maximum atomic E-state index is 13.1. The number of hydrogen-bond acceptors (Lipinski definition) is 4. The molecular formula is C18H25FN2O5S. The molecule has 1 aliphatic rings. The Hall–Kier alpha value is -2.00. The van der Waals surface area contributed by atoms with E-state index < -0.39 is 39.7 Å². The highest BCUT2D eigenvalue weighted by Gasteiger charge is 2.35. The van der Waals surface area contributed by atoms with Crippen LogP contribution in [0.15, 0.2) is 29.2 Å². The number of benzene rings is 1. The number of carboxylic acids is 1. The minimum absolute atomic E-state index is 0.0294. The zero-order chi connectivity index (χ0) is 20.2. The van der Waals surface area contributed by atoms with Gasteiger partial charge in [-0.25, -0.2) is 17.6 Å². The highest BCUT2D eigenvalue weighted by molar-refractivity contribution is 7.89. The van der Waals surface area contributed by atoms with Crippen molar-refractivity contribution in [3.05, 3.63) is 30.1 Å². The molecule has 1 heterocycles. The summed E-state index contributed by atoms with van der Waals surface area (Å²) in [6, 6.07) is 3.52. The lowest BCUT2D eigenvalue weighted by Crippen LogP contribution is -2.51. The molecule has 2 N–H and O–H groups in total. The van der Waals surface area contributed by atoms with Gasteiger partial charge in [0.05, 0.1) is 10.8 Å². The molecule has 27 heavy (non-hydrogen) atoms. The zero-order valence-electron chi connectivity index (χ0n) is 15.4. The number of carbonyl (C=O) groups excluding carboxylic acids is 1. The normalized spacial score (nSPS) is 20.6. The molecule has 0 unspecified atom stereocenters. The van der Waals surface area contributed by atoms with Crippen LogP contribution in [0.4, 0.5) is 4.39 Å². The Labute approximate surface area is 158 Å². The van der Waals surface area contributed by atoms with Crippen molar-refractivity contribution in [1.29, 1.82) is 0 Å². The number of halogens is 1. The van der Waals surface area contributed by atoms with Gasteiger partial charge in [0.2, 0.25) is 15.9 Å². The van der Waals surface area contributed by atoms with Gasteiger partial charge in [0.1, 0.15) is 11.9 Å². The molecule has 1 amide bonds. The van der Waals surface area contributed by atoms with E-state index in [1.165, 1.54) is 16.4 Å². The molecule has 2 rings (SSSR count). The van der Waals surface area contributed by atoms with Gasteiger partial charge in [-0.1, -0.05) is 20.3 Å². The second-order valence-electron chi connectivity index (χ2n) is 6.87. The first-order valence-corrected chi connectivity index (χ1v) is 10.4. The summed E-state index contributed by atoms with van der Waals surface area (Å²) in [7, 11) is -3.84. The Balaban J connectivity index is 2.11. The Morgan fingerprint density at radius 2 is 1.96 bits per heavy atom. The van der Waals surface area contributed by atoms with Gasteiger partial charge in [-0.2, -0.15) is 4.31 Å². The van der Waals surface area contributed by atoms with Gasteiger partial charge in [-0.05, 0) is 43.0 Å². The molecule has 7 nitrogen and oxygen atoms in total. The molecule has 150 valence electrons. The lowest BCUT2D eigenvalue weighted by molar-refractivity contribution is -0.144. The number of nitrogens with one attached hydrogen (secondary N) is 1. The van der Waals surface area contributed by atoms with Gasteiger partial charge in [-0.3, -0.25) is 4.79 Å². The minimum Gasteiger partial charge on any atom is -0.480 e. The first-order chi connectivity index (χ1) is 12.7. The molecule has 0 aliphatic carbocycles. The van der Waals surface area contributed by atoms with Crippen LogP contribution in [0.1, 0.15) is 33.1 Å². The number of hydrogen-bond donors (Lipinski definition) is 2. The number of carbonyl (C=O) groups is 2. The van der Waals surface area contributed by atoms with Crippen molar-refractivity contribution in [3.63, 3.8) is 0 Å². The lowest BCUT2D eigenvalue weighted by Gasteiger charge is -2.32. The van der Waals surface area contributed by atoms with Crippen molar-refractivity contribution in [2.24, 2.45) is 11.8 Å². The Morgan fingerprint density at radius 3 is 2.52 bits per heavy atom. The average molecular weight is 400 g/mol. The van der Waals surface area contributed by atoms with E-state index in [2.05, 4.69) is 5.32 Å². The summed E-state index contributed by atoms with van der Waals surface area (Å²) in [5, 5.41) is 11.9. The number of amides is 1. The third kappa shape index (κ3) is 5.04. The second-order valence-corrected chi connectivity index (χ2v) is 8.80. The summed E-state index contributed by atoms with van der Waals surface area (Å²) in [5.41, 5.74) is 0. The monoisotopic (exact) mass is 400 g/mol. The number of aliphatic carboxylic acids is 1. The number of rotatable bonds is 7. The van der Waals surface area contributed by atoms with Gasteiger partial charge >= 0.3 is 5.97 Å². The number of piperidine rings is 1. The maximum Gasteiger partial charge on any atom is 0.326 e. The Bertz CT molecular complexity index is 781. The van der Waals surface area contributed by atoms with Crippen LogP contribution in [0.2, 0.25) is 0 Å². The third-order valence-corrected chi connectivity index (χ3v) is 6.86. The fourth-order valence-corrected chi connectivity index (χ4v) is 4.61. The zero-order valence-corrected chi connectivity index (χ0v) is 16.2. The van der Waals surface area contributed by atoms with Crippen molar-refractivity contribution < 1.29 is 27.5 Å². The predicted molar refractivity (Wildman–Crippen MR) is 96.9 cm³/mol. The summed E-state index contributed by atoms with van der Waals surface area (Å²) >= 11 is 0. The summed E-state index contributed by atoms with van der Waals surface area (Å²) in [4.78, 5) is 23.9. The summed E-state index contributed by atoms with van der Waals surface area (Å²) in [6.45, 7) is 3.81. The molecule has 9 heteroatoms. The van der Waals surface area contributed by atoms with Crippen molar-refractivity contribution in [2.75, 3.05) is 13.1 Å². The van der Waals surface area contributed by atoms with E-state index in [0.29, 0.717) is 19.3 Å². The van der Waals surface area contributed by atoms with E-state index in [1.807, 2.05) is 6.92 Å². The molecule has 1 saturated heterocycles. The van der Waals surface area contributed by atoms with Crippen molar-refractivity contribution in [2.45, 2.75) is 44.0 Å². The average Bonchev–Trinajstić information content (AvgIpc) is 2.65. The summed E-state index contributed by atoms with van der Waals surface area (Å²) in [5.74, 6) is -2.96. The maximum absolute atomic E-state index is 13.1. The lowest BCUT2D eigenvalue weighted by atomic mass is 9.95. The van der Waals surface area contributed by atoms with Crippen LogP contribution in [0.5, 0.6) is 0 Å². The van der Waals surface area contributed by atoms with Crippen LogP contribution in [-0.4, -0.2) is 48.8 Å². The highest BCUT2D eigenvalue weighted by atomic mass is 32.2. The van der Waals surface area contributed by atoms with E-state index in [-0.39, 0.29) is 23.9 Å². The van der Waals surface area contributed by atoms with Gasteiger partial charge in [0.25, 0.3) is 0 Å². The highest BCUT2D eigenvalue weighted by Crippen LogP contribution is 2.24. The fraction of sp³-hybridized carbons (Fsp3) is 0.556. The molecule has 1 aromatic carbocycles. The van der Waals surface area contributed by atoms with Gasteiger partial charge in [0, 0.05) is 13.1 Å². The molecule has 0 spiro atoms. The van der Waals surface area contributed by atoms with E-state index in [4.69, 9.17) is 0 Å². The predicted octanol–water partition coefficient (Wildman–Crippen LogP) is 1.84. The summed E-state index contributed by atoms with van der Waals surface area (Å²) < 4.78 is 39.7. The van der Waals surface area contributed by atoms with Crippen molar-refractivity contribution in [3.8, 4) is 0 Å². The molecule has 0 aromatic heterocycles. The SMILES string of the molecule is CC[C@@H](C)[C@H](NC(=O)[C@H]1CCCN(S(=O)(=O)c2ccc(F)cc2)C1)C(=O)O. The van der Waals surface area contributed by atoms with Crippen molar-refractivity contribution in [1.82, 2.24) is 9.62 Å².